The molecule has 76 valence electrons. The van der Waals surface area contributed by atoms with E-state index in [1.54, 1.807) is 0 Å². The topological polar surface area (TPSA) is 24.1 Å². The van der Waals surface area contributed by atoms with Gasteiger partial charge in [0.15, 0.2) is 0 Å². The van der Waals surface area contributed by atoms with Gasteiger partial charge in [-0.15, -0.1) is 0 Å². The maximum atomic E-state index is 3.06. The summed E-state index contributed by atoms with van der Waals surface area (Å²) in [6.45, 7) is 7.57. The Balaban J connectivity index is 0. The Labute approximate surface area is 78.1 Å². The lowest BCUT2D eigenvalue weighted by Crippen LogP contribution is -2.28. The van der Waals surface area contributed by atoms with Gasteiger partial charge in [-0.3, -0.25) is 10.9 Å². The van der Waals surface area contributed by atoms with Gasteiger partial charge in [-0.05, 0) is 13.5 Å². The second kappa shape index (κ2) is 17.1. The van der Waals surface area contributed by atoms with Crippen LogP contribution in [0.4, 0.5) is 0 Å². The summed E-state index contributed by atoms with van der Waals surface area (Å²) in [5.41, 5.74) is 5.95. The standard InChI is InChI=1S/C7H18N2.C3H8/c1-3-4-5-6-7-9-8-2;1-3-2/h8-9H,3-7H2,1-2H3;3H2,1-2H3. The molecule has 0 atom stereocenters. The predicted molar refractivity (Wildman–Crippen MR) is 57.2 cm³/mol. The molecule has 0 aromatic carbocycles. The van der Waals surface area contributed by atoms with Crippen molar-refractivity contribution in [1.29, 1.82) is 0 Å². The number of hydrazine groups is 1. The van der Waals surface area contributed by atoms with Crippen LogP contribution in [0.2, 0.25) is 0 Å². The third kappa shape index (κ3) is 22.5. The van der Waals surface area contributed by atoms with Crippen molar-refractivity contribution < 1.29 is 0 Å². The van der Waals surface area contributed by atoms with Gasteiger partial charge in [-0.2, -0.15) is 0 Å². The highest BCUT2D eigenvalue weighted by molar-refractivity contribution is 4.41. The molecule has 0 aliphatic rings. The van der Waals surface area contributed by atoms with Crippen molar-refractivity contribution in [3.63, 3.8) is 0 Å². The number of hydrogen-bond donors (Lipinski definition) is 2. The first-order valence-corrected chi connectivity index (χ1v) is 5.22. The van der Waals surface area contributed by atoms with Gasteiger partial charge in [0.1, 0.15) is 0 Å². The Kier molecular flexibility index (Phi) is 20.6. The van der Waals surface area contributed by atoms with Crippen LogP contribution < -0.4 is 10.9 Å². The third-order valence-electron chi connectivity index (χ3n) is 1.33. The zero-order chi connectivity index (χ0) is 9.66. The molecule has 0 rings (SSSR count). The summed E-state index contributed by atoms with van der Waals surface area (Å²) in [5, 5.41) is 0. The van der Waals surface area contributed by atoms with Gasteiger partial charge in [0, 0.05) is 6.54 Å². The van der Waals surface area contributed by atoms with E-state index < -0.39 is 0 Å². The van der Waals surface area contributed by atoms with Crippen molar-refractivity contribution in [2.75, 3.05) is 13.6 Å². The molecule has 0 aliphatic carbocycles. The van der Waals surface area contributed by atoms with E-state index in [0.717, 1.165) is 6.54 Å². The highest BCUT2D eigenvalue weighted by Gasteiger charge is 1.84. The zero-order valence-corrected chi connectivity index (χ0v) is 9.24. The molecule has 0 amide bonds. The van der Waals surface area contributed by atoms with Gasteiger partial charge >= 0.3 is 0 Å². The quantitative estimate of drug-likeness (QED) is 0.478. The van der Waals surface area contributed by atoms with Crippen molar-refractivity contribution in [2.24, 2.45) is 0 Å². The highest BCUT2D eigenvalue weighted by atomic mass is 15.3. The molecule has 0 saturated carbocycles. The predicted octanol–water partition coefficient (Wildman–Crippen LogP) is 2.71. The van der Waals surface area contributed by atoms with E-state index in [-0.39, 0.29) is 0 Å². The molecule has 0 aromatic heterocycles. The van der Waals surface area contributed by atoms with Gasteiger partial charge in [0.25, 0.3) is 0 Å². The summed E-state index contributed by atoms with van der Waals surface area (Å²) in [7, 11) is 1.90. The lowest BCUT2D eigenvalue weighted by Gasteiger charge is -2.00. The van der Waals surface area contributed by atoms with E-state index in [0.29, 0.717) is 0 Å². The van der Waals surface area contributed by atoms with Crippen LogP contribution in [-0.2, 0) is 0 Å². The molecule has 0 aromatic rings. The Hall–Kier alpha value is -0.0800. The molecule has 0 unspecified atom stereocenters. The average molecular weight is 174 g/mol. The number of hydrogen-bond acceptors (Lipinski definition) is 2. The molecule has 0 spiro atoms. The van der Waals surface area contributed by atoms with Crippen LogP contribution in [0, 0.1) is 0 Å². The molecule has 0 radical (unpaired) electrons. The lowest BCUT2D eigenvalue weighted by molar-refractivity contribution is 0.548. The lowest BCUT2D eigenvalue weighted by atomic mass is 10.2. The number of nitrogens with one attached hydrogen (secondary N) is 2. The summed E-state index contributed by atoms with van der Waals surface area (Å²) < 4.78 is 0. The van der Waals surface area contributed by atoms with Crippen molar-refractivity contribution in [1.82, 2.24) is 10.9 Å². The molecule has 0 fully saturated rings. The highest BCUT2D eigenvalue weighted by Crippen LogP contribution is 1.96. The molecule has 12 heavy (non-hydrogen) atoms. The summed E-state index contributed by atoms with van der Waals surface area (Å²) in [5.74, 6) is 0. The van der Waals surface area contributed by atoms with Crippen LogP contribution in [0.25, 0.3) is 0 Å². The maximum Gasteiger partial charge on any atom is 0.00996 e. The molecular formula is C10H26N2. The van der Waals surface area contributed by atoms with Crippen molar-refractivity contribution in [2.45, 2.75) is 52.9 Å². The molecule has 0 bridgehead atoms. The molecule has 0 saturated heterocycles. The van der Waals surface area contributed by atoms with E-state index in [1.165, 1.54) is 32.1 Å². The largest absolute Gasteiger partial charge is 0.261 e. The minimum atomic E-state index is 1.09. The van der Waals surface area contributed by atoms with Gasteiger partial charge in [0.05, 0.1) is 0 Å². The smallest absolute Gasteiger partial charge is 0.00996 e. The zero-order valence-electron chi connectivity index (χ0n) is 9.24. The van der Waals surface area contributed by atoms with Crippen LogP contribution in [0.3, 0.4) is 0 Å². The van der Waals surface area contributed by atoms with E-state index in [4.69, 9.17) is 0 Å². The van der Waals surface area contributed by atoms with E-state index in [9.17, 15) is 0 Å². The molecule has 2 N–H and O–H groups in total. The van der Waals surface area contributed by atoms with Crippen molar-refractivity contribution in [3.8, 4) is 0 Å². The van der Waals surface area contributed by atoms with Crippen molar-refractivity contribution >= 4 is 0 Å². The fraction of sp³-hybridized carbons (Fsp3) is 1.00. The Morgan fingerprint density at radius 2 is 1.50 bits per heavy atom. The van der Waals surface area contributed by atoms with Crippen LogP contribution in [0.5, 0.6) is 0 Å². The molecule has 2 heteroatoms. The van der Waals surface area contributed by atoms with Crippen LogP contribution in [-0.4, -0.2) is 13.6 Å². The molecule has 0 aliphatic heterocycles. The van der Waals surface area contributed by atoms with Crippen LogP contribution >= 0.6 is 0 Å². The second-order valence-corrected chi connectivity index (χ2v) is 2.94. The van der Waals surface area contributed by atoms with Crippen molar-refractivity contribution in [3.05, 3.63) is 0 Å². The van der Waals surface area contributed by atoms with Gasteiger partial charge in [0.2, 0.25) is 0 Å². The SMILES string of the molecule is CCC.CCCCCCNNC. The minimum Gasteiger partial charge on any atom is -0.261 e. The monoisotopic (exact) mass is 174 g/mol. The van der Waals surface area contributed by atoms with E-state index in [1.807, 2.05) is 7.05 Å². The Morgan fingerprint density at radius 1 is 0.917 bits per heavy atom. The Bertz CT molecular complexity index is 49.8. The van der Waals surface area contributed by atoms with Gasteiger partial charge in [-0.1, -0.05) is 46.5 Å². The number of rotatable bonds is 6. The Morgan fingerprint density at radius 3 is 1.92 bits per heavy atom. The van der Waals surface area contributed by atoms with Crippen LogP contribution in [0.15, 0.2) is 0 Å². The molecule has 2 nitrogen and oxygen atoms in total. The van der Waals surface area contributed by atoms with Gasteiger partial charge in [-0.25, -0.2) is 0 Å². The first-order chi connectivity index (χ1) is 5.83. The normalized spacial score (nSPS) is 9.00. The fourth-order valence-corrected chi connectivity index (χ4v) is 0.765. The number of unbranched alkanes of at least 4 members (excludes halogenated alkanes) is 3. The van der Waals surface area contributed by atoms with E-state index in [2.05, 4.69) is 31.6 Å². The average Bonchev–Trinajstić information content (AvgIpc) is 2.06. The second-order valence-electron chi connectivity index (χ2n) is 2.94. The summed E-state index contributed by atoms with van der Waals surface area (Å²) in [6.07, 6.45) is 6.57. The van der Waals surface area contributed by atoms with Crippen LogP contribution in [0.1, 0.15) is 52.9 Å². The van der Waals surface area contributed by atoms with Gasteiger partial charge < -0.3 is 0 Å². The first-order valence-electron chi connectivity index (χ1n) is 5.22. The first kappa shape index (κ1) is 14.4. The fourth-order valence-electron chi connectivity index (χ4n) is 0.765. The maximum absolute atomic E-state index is 3.06. The summed E-state index contributed by atoms with van der Waals surface area (Å²) >= 11 is 0. The summed E-state index contributed by atoms with van der Waals surface area (Å²) in [4.78, 5) is 0. The van der Waals surface area contributed by atoms with E-state index >= 15 is 0 Å². The summed E-state index contributed by atoms with van der Waals surface area (Å²) in [6, 6.07) is 0. The third-order valence-corrected chi connectivity index (χ3v) is 1.33. The minimum absolute atomic E-state index is 1.09. The molecule has 0 heterocycles. The molecular weight excluding hydrogens is 148 g/mol.